The van der Waals surface area contributed by atoms with E-state index in [1.165, 1.54) is 6.07 Å². The first-order valence-corrected chi connectivity index (χ1v) is 6.17. The van der Waals surface area contributed by atoms with Crippen LogP contribution >= 0.6 is 0 Å². The van der Waals surface area contributed by atoms with Crippen LogP contribution in [0.4, 0.5) is 0 Å². The van der Waals surface area contributed by atoms with E-state index in [2.05, 4.69) is 0 Å². The van der Waals surface area contributed by atoms with Crippen molar-refractivity contribution in [2.24, 2.45) is 5.41 Å². The molecule has 1 N–H and O–H groups in total. The minimum Gasteiger partial charge on any atom is -0.496 e. The lowest BCUT2D eigenvalue weighted by atomic mass is 9.86. The number of aliphatic hydroxyl groups is 1. The predicted octanol–water partition coefficient (Wildman–Crippen LogP) is 2.36. The average molecular weight is 262 g/mol. The standard InChI is InChI=1S/C15H18O4/c1-15(2,9-16)8-11-12(18-3)6-4-10-5-7-13(17)19-14(10)11/h4-7,16H,8-9H2,1-3H3. The van der Waals surface area contributed by atoms with Crippen LogP contribution in [0.2, 0.25) is 0 Å². The molecule has 1 heterocycles. The fourth-order valence-corrected chi connectivity index (χ4v) is 2.07. The van der Waals surface area contributed by atoms with Crippen LogP contribution in [0.3, 0.4) is 0 Å². The molecule has 1 aromatic heterocycles. The van der Waals surface area contributed by atoms with Crippen molar-refractivity contribution in [2.45, 2.75) is 20.3 Å². The van der Waals surface area contributed by atoms with Gasteiger partial charge in [-0.1, -0.05) is 13.8 Å². The highest BCUT2D eigenvalue weighted by Crippen LogP contribution is 2.33. The summed E-state index contributed by atoms with van der Waals surface area (Å²) in [5, 5.41) is 10.3. The maximum absolute atomic E-state index is 11.4. The van der Waals surface area contributed by atoms with Gasteiger partial charge in [0, 0.05) is 23.6 Å². The number of rotatable bonds is 4. The summed E-state index contributed by atoms with van der Waals surface area (Å²) >= 11 is 0. The molecule has 0 fully saturated rings. The minimum absolute atomic E-state index is 0.0452. The van der Waals surface area contributed by atoms with Crippen LogP contribution in [0, 0.1) is 5.41 Å². The Bertz CT molecular complexity index is 640. The van der Waals surface area contributed by atoms with Gasteiger partial charge in [-0.2, -0.15) is 0 Å². The lowest BCUT2D eigenvalue weighted by Crippen LogP contribution is -2.20. The zero-order chi connectivity index (χ0) is 14.0. The second-order valence-electron chi connectivity index (χ2n) is 5.42. The van der Waals surface area contributed by atoms with Crippen molar-refractivity contribution in [1.29, 1.82) is 0 Å². The molecule has 0 saturated heterocycles. The lowest BCUT2D eigenvalue weighted by molar-refractivity contribution is 0.159. The van der Waals surface area contributed by atoms with Gasteiger partial charge < -0.3 is 14.3 Å². The van der Waals surface area contributed by atoms with Gasteiger partial charge in [0.2, 0.25) is 0 Å². The Balaban J connectivity index is 2.66. The molecule has 2 rings (SSSR count). The molecule has 4 nitrogen and oxygen atoms in total. The van der Waals surface area contributed by atoms with E-state index in [0.717, 1.165) is 10.9 Å². The van der Waals surface area contributed by atoms with Crippen LogP contribution in [0.1, 0.15) is 19.4 Å². The van der Waals surface area contributed by atoms with Crippen LogP contribution in [0.25, 0.3) is 11.0 Å². The second kappa shape index (κ2) is 5.05. The molecule has 0 aliphatic heterocycles. The molecule has 1 aromatic carbocycles. The first-order chi connectivity index (χ1) is 8.96. The van der Waals surface area contributed by atoms with Gasteiger partial charge in [0.05, 0.1) is 7.11 Å². The molecule has 2 aromatic rings. The maximum Gasteiger partial charge on any atom is 0.336 e. The maximum atomic E-state index is 11.4. The Labute approximate surface area is 111 Å². The van der Waals surface area contributed by atoms with Gasteiger partial charge in [-0.05, 0) is 30.0 Å². The van der Waals surface area contributed by atoms with E-state index in [9.17, 15) is 9.90 Å². The van der Waals surface area contributed by atoms with Crippen molar-refractivity contribution in [2.75, 3.05) is 13.7 Å². The molecule has 19 heavy (non-hydrogen) atoms. The van der Waals surface area contributed by atoms with Crippen LogP contribution < -0.4 is 10.4 Å². The summed E-state index contributed by atoms with van der Waals surface area (Å²) in [4.78, 5) is 11.4. The summed E-state index contributed by atoms with van der Waals surface area (Å²) in [5.41, 5.74) is 0.657. The van der Waals surface area contributed by atoms with Gasteiger partial charge in [0.15, 0.2) is 0 Å². The molecular weight excluding hydrogens is 244 g/mol. The first-order valence-electron chi connectivity index (χ1n) is 6.17. The third kappa shape index (κ3) is 2.79. The molecule has 0 unspecified atom stereocenters. The van der Waals surface area contributed by atoms with E-state index in [-0.39, 0.29) is 17.6 Å². The molecule has 0 aliphatic carbocycles. The van der Waals surface area contributed by atoms with E-state index in [4.69, 9.17) is 9.15 Å². The quantitative estimate of drug-likeness (QED) is 0.859. The normalized spacial score (nSPS) is 11.8. The molecule has 0 amide bonds. The van der Waals surface area contributed by atoms with Crippen molar-refractivity contribution in [1.82, 2.24) is 0 Å². The van der Waals surface area contributed by atoms with Gasteiger partial charge in [0.25, 0.3) is 0 Å². The molecule has 0 saturated carbocycles. The van der Waals surface area contributed by atoms with E-state index in [0.29, 0.717) is 17.8 Å². The Kier molecular flexibility index (Phi) is 3.62. The minimum atomic E-state index is -0.385. The Morgan fingerprint density at radius 1 is 1.26 bits per heavy atom. The van der Waals surface area contributed by atoms with E-state index in [1.54, 1.807) is 13.2 Å². The smallest absolute Gasteiger partial charge is 0.336 e. The van der Waals surface area contributed by atoms with Crippen LogP contribution in [0.15, 0.2) is 33.5 Å². The van der Waals surface area contributed by atoms with Gasteiger partial charge in [-0.3, -0.25) is 0 Å². The molecule has 102 valence electrons. The zero-order valence-electron chi connectivity index (χ0n) is 11.4. The molecule has 0 aliphatic rings. The molecule has 0 spiro atoms. The molecule has 0 atom stereocenters. The van der Waals surface area contributed by atoms with E-state index >= 15 is 0 Å². The van der Waals surface area contributed by atoms with Crippen LogP contribution in [0.5, 0.6) is 5.75 Å². The number of methoxy groups -OCH3 is 1. The van der Waals surface area contributed by atoms with Gasteiger partial charge in [-0.25, -0.2) is 4.79 Å². The summed E-state index contributed by atoms with van der Waals surface area (Å²) in [6.07, 6.45) is 0.566. The third-order valence-corrected chi connectivity index (χ3v) is 3.15. The first kappa shape index (κ1) is 13.6. The number of hydrogen-bond donors (Lipinski definition) is 1. The number of ether oxygens (including phenoxy) is 1. The SMILES string of the molecule is COc1ccc2ccc(=O)oc2c1CC(C)(C)CO. The van der Waals surface area contributed by atoms with Crippen molar-refractivity contribution >= 4 is 11.0 Å². The Morgan fingerprint density at radius 3 is 2.58 bits per heavy atom. The summed E-state index contributed by atoms with van der Waals surface area (Å²) < 4.78 is 10.6. The molecule has 4 heteroatoms. The highest BCUT2D eigenvalue weighted by atomic mass is 16.5. The molecule has 0 bridgehead atoms. The zero-order valence-corrected chi connectivity index (χ0v) is 11.4. The number of benzene rings is 1. The van der Waals surface area contributed by atoms with Gasteiger partial charge in [-0.15, -0.1) is 0 Å². The lowest BCUT2D eigenvalue weighted by Gasteiger charge is -2.23. The Hall–Kier alpha value is -1.81. The largest absolute Gasteiger partial charge is 0.496 e. The van der Waals surface area contributed by atoms with Crippen molar-refractivity contribution in [3.05, 3.63) is 40.2 Å². The summed E-state index contributed by atoms with van der Waals surface area (Å²) in [5.74, 6) is 0.670. The van der Waals surface area contributed by atoms with Gasteiger partial charge in [0.1, 0.15) is 11.3 Å². The fraction of sp³-hybridized carbons (Fsp3) is 0.400. The summed E-state index contributed by atoms with van der Waals surface area (Å²) in [7, 11) is 1.58. The number of fused-ring (bicyclic) bond motifs is 1. The highest BCUT2D eigenvalue weighted by Gasteiger charge is 2.22. The van der Waals surface area contributed by atoms with Crippen molar-refractivity contribution < 1.29 is 14.3 Å². The van der Waals surface area contributed by atoms with Crippen LogP contribution in [-0.4, -0.2) is 18.8 Å². The average Bonchev–Trinajstić information content (AvgIpc) is 2.39. The second-order valence-corrected chi connectivity index (χ2v) is 5.42. The monoisotopic (exact) mass is 262 g/mol. The number of hydrogen-bond acceptors (Lipinski definition) is 4. The summed E-state index contributed by atoms with van der Waals surface area (Å²) in [6, 6.07) is 6.84. The van der Waals surface area contributed by atoms with E-state index in [1.807, 2.05) is 26.0 Å². The van der Waals surface area contributed by atoms with Crippen molar-refractivity contribution in [3.8, 4) is 5.75 Å². The number of aliphatic hydroxyl groups excluding tert-OH is 1. The summed E-state index contributed by atoms with van der Waals surface area (Å²) in [6.45, 7) is 3.95. The predicted molar refractivity (Wildman–Crippen MR) is 73.6 cm³/mol. The highest BCUT2D eigenvalue weighted by molar-refractivity contribution is 5.82. The third-order valence-electron chi connectivity index (χ3n) is 3.15. The van der Waals surface area contributed by atoms with Gasteiger partial charge >= 0.3 is 5.63 Å². The molecule has 0 radical (unpaired) electrons. The van der Waals surface area contributed by atoms with Crippen LogP contribution in [-0.2, 0) is 6.42 Å². The Morgan fingerprint density at radius 2 is 1.95 bits per heavy atom. The fourth-order valence-electron chi connectivity index (χ4n) is 2.07. The van der Waals surface area contributed by atoms with Crippen molar-refractivity contribution in [3.63, 3.8) is 0 Å². The molecular formula is C15H18O4. The van der Waals surface area contributed by atoms with E-state index < -0.39 is 0 Å². The topological polar surface area (TPSA) is 59.7 Å².